The average molecular weight is 377 g/mol. The summed E-state index contributed by atoms with van der Waals surface area (Å²) < 4.78 is 5.71. The molecule has 0 atom stereocenters. The van der Waals surface area contributed by atoms with Gasteiger partial charge in [0.05, 0.1) is 16.9 Å². The lowest BCUT2D eigenvalue weighted by Gasteiger charge is -2.11. The second-order valence-electron chi connectivity index (χ2n) is 5.51. The normalized spacial score (nSPS) is 13.5. The molecule has 4 N–H and O–H groups in total. The maximum Gasteiger partial charge on any atom is 0.319 e. The smallest absolute Gasteiger partial charge is 0.319 e. The molecule has 3 rings (SSSR count). The molecule has 1 aliphatic carbocycles. The third kappa shape index (κ3) is 4.51. The zero-order valence-electron chi connectivity index (χ0n) is 13.9. The summed E-state index contributed by atoms with van der Waals surface area (Å²) in [6.07, 6.45) is 4.63. The first-order valence-electron chi connectivity index (χ1n) is 7.78. The van der Waals surface area contributed by atoms with Crippen LogP contribution < -0.4 is 21.1 Å². The Kier molecular flexibility index (Phi) is 5.37. The molecule has 136 valence electrons. The molecule has 2 aromatic rings. The number of aromatic nitrogens is 2. The Labute approximate surface area is 154 Å². The number of rotatable bonds is 6. The van der Waals surface area contributed by atoms with Gasteiger partial charge in [0.1, 0.15) is 30.6 Å². The number of hydrogen-bond donors (Lipinski definition) is 3. The third-order valence-corrected chi connectivity index (χ3v) is 3.79. The molecule has 9 nitrogen and oxygen atoms in total. The van der Waals surface area contributed by atoms with Crippen LogP contribution in [0, 0.1) is 0 Å². The highest BCUT2D eigenvalue weighted by atomic mass is 35.5. The van der Waals surface area contributed by atoms with Gasteiger partial charge in [-0.1, -0.05) is 16.8 Å². The van der Waals surface area contributed by atoms with Crippen LogP contribution in [0.2, 0.25) is 5.02 Å². The molecule has 1 fully saturated rings. The van der Waals surface area contributed by atoms with Crippen LogP contribution >= 0.6 is 11.6 Å². The van der Waals surface area contributed by atoms with Crippen LogP contribution in [0.25, 0.3) is 0 Å². The number of amides is 2. The van der Waals surface area contributed by atoms with Gasteiger partial charge in [0, 0.05) is 12.1 Å². The monoisotopic (exact) mass is 376 g/mol. The van der Waals surface area contributed by atoms with E-state index in [9.17, 15) is 4.79 Å². The number of nitrogens with two attached hydrogens (primary N) is 1. The van der Waals surface area contributed by atoms with Crippen molar-refractivity contribution in [3.8, 4) is 11.6 Å². The minimum absolute atomic E-state index is 0.192. The number of nitrogens with one attached hydrogen (secondary N) is 2. The number of carbonyl (C=O) groups is 1. The van der Waals surface area contributed by atoms with E-state index in [-0.39, 0.29) is 23.8 Å². The summed E-state index contributed by atoms with van der Waals surface area (Å²) in [7, 11) is 1.40. The van der Waals surface area contributed by atoms with Crippen molar-refractivity contribution in [3.63, 3.8) is 0 Å². The molecule has 1 saturated carbocycles. The van der Waals surface area contributed by atoms with Gasteiger partial charge >= 0.3 is 6.03 Å². The van der Waals surface area contributed by atoms with E-state index >= 15 is 0 Å². The van der Waals surface area contributed by atoms with Crippen LogP contribution in [0.15, 0.2) is 29.7 Å². The molecule has 10 heteroatoms. The fourth-order valence-electron chi connectivity index (χ4n) is 2.04. The SMILES string of the molecule is CO/N=C/c1c(N)ncnc1Oc1ccc(NC(=O)NC2CC2)c(Cl)c1. The minimum atomic E-state index is -0.287. The summed E-state index contributed by atoms with van der Waals surface area (Å²) in [5.74, 6) is 0.798. The van der Waals surface area contributed by atoms with E-state index in [2.05, 4.69) is 30.6 Å². The minimum Gasteiger partial charge on any atom is -0.438 e. The summed E-state index contributed by atoms with van der Waals surface area (Å²) in [6, 6.07) is 4.81. The molecule has 0 unspecified atom stereocenters. The summed E-state index contributed by atoms with van der Waals surface area (Å²) >= 11 is 6.22. The van der Waals surface area contributed by atoms with Crippen molar-refractivity contribution in [1.82, 2.24) is 15.3 Å². The highest BCUT2D eigenvalue weighted by Gasteiger charge is 2.23. The second-order valence-corrected chi connectivity index (χ2v) is 5.92. The average Bonchev–Trinajstić information content (AvgIpc) is 3.41. The van der Waals surface area contributed by atoms with Gasteiger partial charge in [0.2, 0.25) is 5.88 Å². The summed E-state index contributed by atoms with van der Waals surface area (Å²) in [6.45, 7) is 0. The number of benzene rings is 1. The molecule has 1 aromatic carbocycles. The lowest BCUT2D eigenvalue weighted by Crippen LogP contribution is -2.30. The standard InChI is InChI=1S/C16H17ClN6O3/c1-25-21-7-11-14(18)19-8-20-15(11)26-10-4-5-13(12(17)6-10)23-16(24)22-9-2-3-9/h4-9H,2-3H2,1H3,(H2,18,19,20)(H2,22,23,24)/b21-7+. The third-order valence-electron chi connectivity index (χ3n) is 3.48. The molecule has 0 radical (unpaired) electrons. The Bertz CT molecular complexity index is 841. The van der Waals surface area contributed by atoms with Gasteiger partial charge in [-0.2, -0.15) is 0 Å². The first kappa shape index (κ1) is 17.7. The fraction of sp³-hybridized carbons (Fsp3) is 0.250. The highest BCUT2D eigenvalue weighted by molar-refractivity contribution is 6.33. The van der Waals surface area contributed by atoms with E-state index in [1.807, 2.05) is 0 Å². The predicted octanol–water partition coefficient (Wildman–Crippen LogP) is 2.77. The Morgan fingerprint density at radius 1 is 1.42 bits per heavy atom. The van der Waals surface area contributed by atoms with Gasteiger partial charge in [-0.15, -0.1) is 0 Å². The van der Waals surface area contributed by atoms with Crippen molar-refractivity contribution in [3.05, 3.63) is 35.1 Å². The highest BCUT2D eigenvalue weighted by Crippen LogP contribution is 2.31. The van der Waals surface area contributed by atoms with Crippen LogP contribution in [-0.2, 0) is 4.84 Å². The lowest BCUT2D eigenvalue weighted by atomic mass is 10.3. The predicted molar refractivity (Wildman–Crippen MR) is 97.7 cm³/mol. The van der Waals surface area contributed by atoms with Gasteiger partial charge < -0.3 is 25.9 Å². The van der Waals surface area contributed by atoms with E-state index in [0.717, 1.165) is 12.8 Å². The van der Waals surface area contributed by atoms with E-state index < -0.39 is 0 Å². The Morgan fingerprint density at radius 2 is 2.23 bits per heavy atom. The number of carbonyl (C=O) groups excluding carboxylic acids is 1. The molecular weight excluding hydrogens is 360 g/mol. The number of ether oxygens (including phenoxy) is 1. The largest absolute Gasteiger partial charge is 0.438 e. The molecule has 0 bridgehead atoms. The number of hydrogen-bond acceptors (Lipinski definition) is 7. The molecule has 0 aliphatic heterocycles. The van der Waals surface area contributed by atoms with Crippen LogP contribution in [0.3, 0.4) is 0 Å². The number of urea groups is 1. The second kappa shape index (κ2) is 7.87. The number of oxime groups is 1. The molecule has 1 aliphatic rings. The van der Waals surface area contributed by atoms with E-state index in [0.29, 0.717) is 22.0 Å². The van der Waals surface area contributed by atoms with Crippen LogP contribution in [0.1, 0.15) is 18.4 Å². The fourth-order valence-corrected chi connectivity index (χ4v) is 2.26. The van der Waals surface area contributed by atoms with Crippen molar-refractivity contribution < 1.29 is 14.4 Å². The molecule has 0 spiro atoms. The maximum absolute atomic E-state index is 11.8. The number of nitrogens with zero attached hydrogens (tertiary/aromatic N) is 3. The Hall–Kier alpha value is -3.07. The summed E-state index contributed by atoms with van der Waals surface area (Å²) in [5, 5.41) is 9.49. The molecule has 26 heavy (non-hydrogen) atoms. The number of anilines is 2. The lowest BCUT2D eigenvalue weighted by molar-refractivity contribution is 0.215. The topological polar surface area (TPSA) is 124 Å². The number of halogens is 1. The van der Waals surface area contributed by atoms with Crippen LogP contribution in [-0.4, -0.2) is 35.4 Å². The van der Waals surface area contributed by atoms with Crippen molar-refractivity contribution in [1.29, 1.82) is 0 Å². The number of nitrogen functional groups attached to an aromatic ring is 1. The van der Waals surface area contributed by atoms with Crippen LogP contribution in [0.4, 0.5) is 16.3 Å². The Balaban J connectivity index is 1.74. The zero-order valence-corrected chi connectivity index (χ0v) is 14.7. The Morgan fingerprint density at radius 3 is 2.92 bits per heavy atom. The van der Waals surface area contributed by atoms with E-state index in [1.165, 1.54) is 19.7 Å². The van der Waals surface area contributed by atoms with Crippen molar-refractivity contribution in [2.45, 2.75) is 18.9 Å². The zero-order chi connectivity index (χ0) is 18.5. The molecule has 1 aromatic heterocycles. The van der Waals surface area contributed by atoms with E-state index in [4.69, 9.17) is 22.1 Å². The van der Waals surface area contributed by atoms with Gasteiger partial charge in [-0.25, -0.2) is 14.8 Å². The van der Waals surface area contributed by atoms with Gasteiger partial charge in [0.15, 0.2) is 0 Å². The van der Waals surface area contributed by atoms with Crippen molar-refractivity contribution >= 4 is 35.4 Å². The van der Waals surface area contributed by atoms with Gasteiger partial charge in [-0.05, 0) is 25.0 Å². The van der Waals surface area contributed by atoms with E-state index in [1.54, 1.807) is 18.2 Å². The maximum atomic E-state index is 11.8. The summed E-state index contributed by atoms with van der Waals surface area (Å²) in [4.78, 5) is 24.4. The van der Waals surface area contributed by atoms with Crippen molar-refractivity contribution in [2.24, 2.45) is 5.16 Å². The molecule has 2 amide bonds. The summed E-state index contributed by atoms with van der Waals surface area (Å²) in [5.41, 5.74) is 6.66. The quantitative estimate of drug-likeness (QED) is 0.526. The van der Waals surface area contributed by atoms with Gasteiger partial charge in [-0.3, -0.25) is 0 Å². The molecular formula is C16H17ClN6O3. The first-order chi connectivity index (χ1) is 12.6. The van der Waals surface area contributed by atoms with Gasteiger partial charge in [0.25, 0.3) is 0 Å². The first-order valence-corrected chi connectivity index (χ1v) is 8.16. The molecule has 0 saturated heterocycles. The molecule has 1 heterocycles. The van der Waals surface area contributed by atoms with Crippen molar-refractivity contribution in [2.75, 3.05) is 18.2 Å². The van der Waals surface area contributed by atoms with Crippen LogP contribution in [0.5, 0.6) is 11.6 Å².